The molecule has 1 heterocycles. The van der Waals surface area contributed by atoms with Crippen molar-refractivity contribution in [3.05, 3.63) is 33.8 Å². The van der Waals surface area contributed by atoms with Crippen LogP contribution in [0.25, 0.3) is 0 Å². The topological polar surface area (TPSA) is 29.3 Å². The van der Waals surface area contributed by atoms with Gasteiger partial charge in [0.25, 0.3) is 0 Å². The number of hydrogen-bond acceptors (Lipinski definition) is 2. The van der Waals surface area contributed by atoms with E-state index in [2.05, 4.69) is 46.0 Å². The molecule has 17 heavy (non-hydrogen) atoms. The Bertz CT molecular complexity index is 372. The van der Waals surface area contributed by atoms with Crippen molar-refractivity contribution < 1.29 is 0 Å². The molecule has 1 aromatic rings. The summed E-state index contributed by atoms with van der Waals surface area (Å²) in [6.45, 7) is 5.18. The second-order valence-corrected chi connectivity index (χ2v) is 5.73. The van der Waals surface area contributed by atoms with E-state index >= 15 is 0 Å². The standard InChI is InChI=1S/C14H21BrN2/c1-11-5-6-12(13(15)9-11)14(10-16)17-7-3-2-4-8-17/h5-6,9,14H,2-4,7-8,10,16H2,1H3. The number of benzene rings is 1. The zero-order valence-electron chi connectivity index (χ0n) is 10.5. The van der Waals surface area contributed by atoms with Crippen LogP contribution in [0.15, 0.2) is 22.7 Å². The van der Waals surface area contributed by atoms with Gasteiger partial charge in [0, 0.05) is 17.1 Å². The van der Waals surface area contributed by atoms with E-state index in [1.165, 1.54) is 48.0 Å². The molecule has 3 heteroatoms. The average molecular weight is 297 g/mol. The summed E-state index contributed by atoms with van der Waals surface area (Å²) in [5.74, 6) is 0. The van der Waals surface area contributed by atoms with Gasteiger partial charge in [-0.25, -0.2) is 0 Å². The van der Waals surface area contributed by atoms with Gasteiger partial charge in [-0.2, -0.15) is 0 Å². The summed E-state index contributed by atoms with van der Waals surface area (Å²) in [6.07, 6.45) is 3.98. The zero-order chi connectivity index (χ0) is 12.3. The second-order valence-electron chi connectivity index (χ2n) is 4.87. The number of likely N-dealkylation sites (tertiary alicyclic amines) is 1. The van der Waals surface area contributed by atoms with E-state index < -0.39 is 0 Å². The first-order chi connectivity index (χ1) is 8.22. The summed E-state index contributed by atoms with van der Waals surface area (Å²) in [6, 6.07) is 6.94. The van der Waals surface area contributed by atoms with Crippen LogP contribution < -0.4 is 5.73 Å². The molecule has 1 fully saturated rings. The molecule has 1 aliphatic heterocycles. The Morgan fingerprint density at radius 3 is 2.59 bits per heavy atom. The summed E-state index contributed by atoms with van der Waals surface area (Å²) in [7, 11) is 0. The van der Waals surface area contributed by atoms with Gasteiger partial charge in [-0.3, -0.25) is 4.90 Å². The molecule has 0 aromatic heterocycles. The van der Waals surface area contributed by atoms with E-state index in [-0.39, 0.29) is 0 Å². The van der Waals surface area contributed by atoms with Crippen LogP contribution in [0.4, 0.5) is 0 Å². The molecule has 94 valence electrons. The molecule has 1 atom stereocenters. The predicted molar refractivity (Wildman–Crippen MR) is 76.1 cm³/mol. The number of hydrogen-bond donors (Lipinski definition) is 1. The van der Waals surface area contributed by atoms with E-state index in [1.54, 1.807) is 0 Å². The lowest BCUT2D eigenvalue weighted by atomic mass is 10.0. The van der Waals surface area contributed by atoms with Crippen LogP contribution in [0.2, 0.25) is 0 Å². The predicted octanol–water partition coefficient (Wildman–Crippen LogP) is 3.24. The molecule has 0 saturated carbocycles. The molecule has 1 aliphatic rings. The van der Waals surface area contributed by atoms with Crippen molar-refractivity contribution in [1.82, 2.24) is 4.90 Å². The quantitative estimate of drug-likeness (QED) is 0.928. The van der Waals surface area contributed by atoms with Crippen LogP contribution in [-0.2, 0) is 0 Å². The molecule has 0 spiro atoms. The monoisotopic (exact) mass is 296 g/mol. The van der Waals surface area contributed by atoms with Gasteiger partial charge >= 0.3 is 0 Å². The number of rotatable bonds is 3. The maximum absolute atomic E-state index is 5.98. The Hall–Kier alpha value is -0.380. The van der Waals surface area contributed by atoms with E-state index in [0.717, 1.165) is 0 Å². The SMILES string of the molecule is Cc1ccc(C(CN)N2CCCCC2)c(Br)c1. The Kier molecular flexibility index (Phi) is 4.60. The summed E-state index contributed by atoms with van der Waals surface area (Å²) in [4.78, 5) is 2.53. The van der Waals surface area contributed by atoms with Crippen LogP contribution in [0.1, 0.15) is 36.4 Å². The van der Waals surface area contributed by atoms with E-state index in [4.69, 9.17) is 5.73 Å². The fourth-order valence-corrected chi connectivity index (χ4v) is 3.36. The van der Waals surface area contributed by atoms with Crippen molar-refractivity contribution in [3.8, 4) is 0 Å². The molecular formula is C14H21BrN2. The van der Waals surface area contributed by atoms with Gasteiger partial charge in [-0.15, -0.1) is 0 Å². The highest BCUT2D eigenvalue weighted by atomic mass is 79.9. The summed E-state index contributed by atoms with van der Waals surface area (Å²) in [5, 5.41) is 0. The molecule has 0 aliphatic carbocycles. The lowest BCUT2D eigenvalue weighted by molar-refractivity contribution is 0.167. The molecule has 0 amide bonds. The second kappa shape index (κ2) is 5.98. The lowest BCUT2D eigenvalue weighted by Crippen LogP contribution is -2.37. The normalized spacial score (nSPS) is 19.2. The van der Waals surface area contributed by atoms with E-state index in [1.807, 2.05) is 0 Å². The summed E-state index contributed by atoms with van der Waals surface area (Å²) >= 11 is 3.67. The molecule has 0 bridgehead atoms. The van der Waals surface area contributed by atoms with Gasteiger partial charge in [0.1, 0.15) is 0 Å². The molecular weight excluding hydrogens is 276 g/mol. The van der Waals surface area contributed by atoms with Gasteiger partial charge < -0.3 is 5.73 Å². The van der Waals surface area contributed by atoms with Gasteiger partial charge in [0.05, 0.1) is 0 Å². The molecule has 0 radical (unpaired) electrons. The highest BCUT2D eigenvalue weighted by molar-refractivity contribution is 9.10. The molecule has 2 N–H and O–H groups in total. The van der Waals surface area contributed by atoms with Crippen LogP contribution >= 0.6 is 15.9 Å². The molecule has 2 nitrogen and oxygen atoms in total. The average Bonchev–Trinajstić information content (AvgIpc) is 2.34. The smallest absolute Gasteiger partial charge is 0.0481 e. The number of nitrogens with two attached hydrogens (primary N) is 1. The molecule has 1 aromatic carbocycles. The number of halogens is 1. The highest BCUT2D eigenvalue weighted by Gasteiger charge is 2.22. The van der Waals surface area contributed by atoms with Gasteiger partial charge in [0.2, 0.25) is 0 Å². The van der Waals surface area contributed by atoms with Crippen LogP contribution in [-0.4, -0.2) is 24.5 Å². The first-order valence-electron chi connectivity index (χ1n) is 6.42. The lowest BCUT2D eigenvalue weighted by Gasteiger charge is -2.34. The Morgan fingerprint density at radius 2 is 2.00 bits per heavy atom. The fourth-order valence-electron chi connectivity index (χ4n) is 2.61. The van der Waals surface area contributed by atoms with Crippen LogP contribution in [0.3, 0.4) is 0 Å². The third-order valence-corrected chi connectivity index (χ3v) is 4.26. The van der Waals surface area contributed by atoms with E-state index in [0.29, 0.717) is 12.6 Å². The first kappa shape index (κ1) is 13.1. The van der Waals surface area contributed by atoms with Crippen molar-refractivity contribution in [1.29, 1.82) is 0 Å². The van der Waals surface area contributed by atoms with Gasteiger partial charge in [0.15, 0.2) is 0 Å². The number of aryl methyl sites for hydroxylation is 1. The van der Waals surface area contributed by atoms with Gasteiger partial charge in [-0.1, -0.05) is 34.5 Å². The van der Waals surface area contributed by atoms with Crippen molar-refractivity contribution >= 4 is 15.9 Å². The maximum atomic E-state index is 5.98. The molecule has 1 saturated heterocycles. The van der Waals surface area contributed by atoms with Crippen molar-refractivity contribution in [2.24, 2.45) is 5.73 Å². The van der Waals surface area contributed by atoms with Crippen molar-refractivity contribution in [3.63, 3.8) is 0 Å². The van der Waals surface area contributed by atoms with Crippen LogP contribution in [0, 0.1) is 6.92 Å². The Labute approximate surface area is 112 Å². The minimum Gasteiger partial charge on any atom is -0.329 e. The Morgan fingerprint density at radius 1 is 1.29 bits per heavy atom. The first-order valence-corrected chi connectivity index (χ1v) is 7.22. The molecule has 1 unspecified atom stereocenters. The minimum absolute atomic E-state index is 0.366. The van der Waals surface area contributed by atoms with Gasteiger partial charge in [-0.05, 0) is 50.0 Å². The zero-order valence-corrected chi connectivity index (χ0v) is 12.0. The van der Waals surface area contributed by atoms with Crippen molar-refractivity contribution in [2.45, 2.75) is 32.2 Å². The highest BCUT2D eigenvalue weighted by Crippen LogP contribution is 2.30. The maximum Gasteiger partial charge on any atom is 0.0481 e. The summed E-state index contributed by atoms with van der Waals surface area (Å²) in [5.41, 5.74) is 8.60. The number of nitrogens with zero attached hydrogens (tertiary/aromatic N) is 1. The third kappa shape index (κ3) is 3.09. The Balaban J connectivity index is 2.21. The van der Waals surface area contributed by atoms with E-state index in [9.17, 15) is 0 Å². The minimum atomic E-state index is 0.366. The third-order valence-electron chi connectivity index (χ3n) is 3.57. The van der Waals surface area contributed by atoms with Crippen molar-refractivity contribution in [2.75, 3.05) is 19.6 Å². The summed E-state index contributed by atoms with van der Waals surface area (Å²) < 4.78 is 1.19. The largest absolute Gasteiger partial charge is 0.329 e. The fraction of sp³-hybridized carbons (Fsp3) is 0.571. The van der Waals surface area contributed by atoms with Crippen LogP contribution in [0.5, 0.6) is 0 Å². The molecule has 2 rings (SSSR count). The number of piperidine rings is 1.